The number of halogens is 10. The molecule has 4 rings (SSSR count). The van der Waals surface area contributed by atoms with Crippen LogP contribution >= 0.6 is 46.4 Å². The maximum atomic E-state index is 15.6. The van der Waals surface area contributed by atoms with Gasteiger partial charge in [0.2, 0.25) is 0 Å². The van der Waals surface area contributed by atoms with E-state index in [-0.39, 0.29) is 20.6 Å². The van der Waals surface area contributed by atoms with Crippen LogP contribution in [0.4, 0.5) is 26.3 Å². The molecule has 0 saturated heterocycles. The van der Waals surface area contributed by atoms with Crippen molar-refractivity contribution in [3.8, 4) is 0 Å². The predicted molar refractivity (Wildman–Crippen MR) is 116 cm³/mol. The van der Waals surface area contributed by atoms with Crippen molar-refractivity contribution in [2.24, 2.45) is 0 Å². The summed E-state index contributed by atoms with van der Waals surface area (Å²) in [6, 6.07) is 0. The van der Waals surface area contributed by atoms with Gasteiger partial charge in [0, 0.05) is 0 Å². The molecule has 11 heteroatoms. The summed E-state index contributed by atoms with van der Waals surface area (Å²) in [5, 5.41) is -4.54. The van der Waals surface area contributed by atoms with E-state index in [2.05, 4.69) is 0 Å². The zero-order valence-electron chi connectivity index (χ0n) is 16.2. The maximum absolute atomic E-state index is 15.6. The quantitative estimate of drug-likeness (QED) is 0.150. The Bertz CT molecular complexity index is 1170. The standard InChI is InChI=1S/2C6Cl2F3.2C5H5.Ti/c2*7-4-2(9)1-3(10)5(8)6(4)11;2*1-2-4-5-3-1;/h;;2*1-3H,4H2;. The van der Waals surface area contributed by atoms with Crippen LogP contribution in [0.3, 0.4) is 0 Å². The van der Waals surface area contributed by atoms with E-state index < -0.39 is 79.3 Å². The summed E-state index contributed by atoms with van der Waals surface area (Å²) in [4.78, 5) is 0. The monoisotopic (exact) mass is 576 g/mol. The molecule has 0 nitrogen and oxygen atoms in total. The summed E-state index contributed by atoms with van der Waals surface area (Å²) in [7, 11) is 0. The van der Waals surface area contributed by atoms with Crippen molar-refractivity contribution in [3.05, 3.63) is 99.2 Å². The first-order valence-corrected chi connectivity index (χ1v) is 14.0. The Balaban J connectivity index is 2.31. The van der Waals surface area contributed by atoms with E-state index in [1.165, 1.54) is 12.2 Å². The van der Waals surface area contributed by atoms with E-state index in [4.69, 9.17) is 46.4 Å². The Kier molecular flexibility index (Phi) is 6.91. The van der Waals surface area contributed by atoms with Crippen molar-refractivity contribution >= 4 is 54.1 Å². The summed E-state index contributed by atoms with van der Waals surface area (Å²) in [6.45, 7) is 0. The van der Waals surface area contributed by atoms with Crippen LogP contribution in [0.5, 0.6) is 0 Å². The van der Waals surface area contributed by atoms with Gasteiger partial charge in [0.1, 0.15) is 0 Å². The molecule has 2 aliphatic carbocycles. The first kappa shape index (κ1) is 25.0. The summed E-state index contributed by atoms with van der Waals surface area (Å²) in [5.41, 5.74) is 0. The normalized spacial score (nSPS) is 15.5. The molecule has 0 spiro atoms. The Morgan fingerprint density at radius 2 is 0.818 bits per heavy atom. The van der Waals surface area contributed by atoms with Crippen LogP contribution in [0.25, 0.3) is 0 Å². The molecule has 0 saturated carbocycles. The van der Waals surface area contributed by atoms with Crippen LogP contribution in [0.15, 0.2) is 44.2 Å². The molecule has 0 bridgehead atoms. The third kappa shape index (κ3) is 3.57. The number of rotatable bonds is 4. The van der Waals surface area contributed by atoms with Crippen LogP contribution in [0, 0.1) is 34.9 Å². The summed E-state index contributed by atoms with van der Waals surface area (Å²) in [6.07, 6.45) is 9.38. The zero-order chi connectivity index (χ0) is 24.2. The fourth-order valence-corrected chi connectivity index (χ4v) is 13.9. The second kappa shape index (κ2) is 9.14. The summed E-state index contributed by atoms with van der Waals surface area (Å²) >= 11 is 17.8. The first-order valence-electron chi connectivity index (χ1n) is 9.32. The third-order valence-corrected chi connectivity index (χ3v) is 14.9. The molecule has 0 N–H and O–H groups in total. The zero-order valence-corrected chi connectivity index (χ0v) is 20.7. The van der Waals surface area contributed by atoms with Crippen LogP contribution in [0.1, 0.15) is 12.8 Å². The molecule has 0 atom stereocenters. The molecule has 33 heavy (non-hydrogen) atoms. The molecular weight excluding hydrogens is 568 g/mol. The van der Waals surface area contributed by atoms with Crippen LogP contribution in [-0.2, 0) is 16.6 Å². The van der Waals surface area contributed by atoms with E-state index in [0.717, 1.165) is 0 Å². The van der Waals surface area contributed by atoms with Crippen LogP contribution < -0.4 is 7.74 Å². The molecule has 2 aliphatic rings. The van der Waals surface area contributed by atoms with Gasteiger partial charge in [0.05, 0.1) is 0 Å². The molecule has 0 amide bonds. The molecule has 2 aromatic carbocycles. The predicted octanol–water partition coefficient (Wildman–Crippen LogP) is 7.93. The Labute approximate surface area is 208 Å². The van der Waals surface area contributed by atoms with Crippen LogP contribution in [-0.4, -0.2) is 0 Å². The minimum atomic E-state index is -5.37. The van der Waals surface area contributed by atoms with Gasteiger partial charge in [-0.1, -0.05) is 0 Å². The van der Waals surface area contributed by atoms with Crippen molar-refractivity contribution < 1.29 is 42.9 Å². The Morgan fingerprint density at radius 1 is 0.515 bits per heavy atom. The van der Waals surface area contributed by atoms with Crippen molar-refractivity contribution in [1.82, 2.24) is 0 Å². The fourth-order valence-electron chi connectivity index (χ4n) is 4.29. The molecule has 2 aromatic rings. The van der Waals surface area contributed by atoms with Gasteiger partial charge in [-0.2, -0.15) is 0 Å². The van der Waals surface area contributed by atoms with E-state index >= 15 is 17.6 Å². The molecule has 0 aromatic heterocycles. The SMILES string of the molecule is Fc1c(Cl)c(F)[c]([Ti]([C]2=CC=CC2)([C]2=CC=CC2)[c]2c(F)c(Cl)c(F)c(Cl)c2F)c(F)c1Cl. The second-order valence-corrected chi connectivity index (χ2v) is 14.7. The van der Waals surface area contributed by atoms with Gasteiger partial charge in [-0.25, -0.2) is 0 Å². The Hall–Kier alpha value is -1.15. The van der Waals surface area contributed by atoms with Crippen molar-refractivity contribution in [2.75, 3.05) is 0 Å². The van der Waals surface area contributed by atoms with Gasteiger partial charge in [0.25, 0.3) is 0 Å². The number of hydrogen-bond donors (Lipinski definition) is 0. The van der Waals surface area contributed by atoms with Crippen molar-refractivity contribution in [1.29, 1.82) is 0 Å². The van der Waals surface area contributed by atoms with Crippen LogP contribution in [0.2, 0.25) is 20.1 Å². The second-order valence-electron chi connectivity index (χ2n) is 7.29. The summed E-state index contributed by atoms with van der Waals surface area (Å²) < 4.78 is 89.9. The third-order valence-electron chi connectivity index (χ3n) is 5.68. The van der Waals surface area contributed by atoms with E-state index in [1.54, 1.807) is 24.3 Å². The van der Waals surface area contributed by atoms with E-state index in [0.29, 0.717) is 0 Å². The molecule has 172 valence electrons. The van der Waals surface area contributed by atoms with Gasteiger partial charge in [-0.3, -0.25) is 0 Å². The molecular formula is C22H10Cl4F6Ti. The average molecular weight is 578 g/mol. The molecule has 0 fully saturated rings. The molecule has 0 unspecified atom stereocenters. The van der Waals surface area contributed by atoms with Crippen molar-refractivity contribution in [3.63, 3.8) is 0 Å². The fraction of sp³-hybridized carbons (Fsp3) is 0.0909. The van der Waals surface area contributed by atoms with Gasteiger partial charge in [-0.05, 0) is 0 Å². The van der Waals surface area contributed by atoms with Gasteiger partial charge < -0.3 is 0 Å². The van der Waals surface area contributed by atoms with E-state index in [9.17, 15) is 8.78 Å². The topological polar surface area (TPSA) is 0 Å². The number of allylic oxidation sites excluding steroid dienone is 8. The molecule has 0 radical (unpaired) electrons. The summed E-state index contributed by atoms with van der Waals surface area (Å²) in [5.74, 6) is -9.30. The molecule has 0 heterocycles. The minimum absolute atomic E-state index is 0.0638. The van der Waals surface area contributed by atoms with E-state index in [1.807, 2.05) is 0 Å². The van der Waals surface area contributed by atoms with Gasteiger partial charge in [-0.15, -0.1) is 0 Å². The number of hydrogen-bond acceptors (Lipinski definition) is 0. The Morgan fingerprint density at radius 3 is 1.06 bits per heavy atom. The molecule has 0 aliphatic heterocycles. The van der Waals surface area contributed by atoms with Crippen molar-refractivity contribution in [2.45, 2.75) is 12.8 Å². The van der Waals surface area contributed by atoms with Gasteiger partial charge >= 0.3 is 209 Å². The average Bonchev–Trinajstić information content (AvgIpc) is 3.53. The van der Waals surface area contributed by atoms with Gasteiger partial charge in [0.15, 0.2) is 0 Å². The number of benzene rings is 2. The first-order chi connectivity index (χ1) is 15.6.